The van der Waals surface area contributed by atoms with E-state index in [0.717, 1.165) is 24.1 Å². The van der Waals surface area contributed by atoms with Crippen LogP contribution in [0.5, 0.6) is 0 Å². The smallest absolute Gasteiger partial charge is 0.270 e. The molecule has 1 aliphatic rings. The maximum absolute atomic E-state index is 12.0. The Balaban J connectivity index is 1.77. The van der Waals surface area contributed by atoms with Crippen molar-refractivity contribution in [2.24, 2.45) is 0 Å². The number of carbonyl (C=O) groups is 1. The molecule has 0 atom stereocenters. The molecule has 2 aromatic rings. The molecule has 2 N–H and O–H groups in total. The third-order valence-electron chi connectivity index (χ3n) is 3.43. The van der Waals surface area contributed by atoms with Crippen LogP contribution in [0.15, 0.2) is 30.5 Å². The van der Waals surface area contributed by atoms with E-state index in [1.165, 1.54) is 5.56 Å². The average molecular weight is 282 g/mol. The molecule has 1 saturated carbocycles. The number of benzene rings is 1. The highest BCUT2D eigenvalue weighted by Gasteiger charge is 2.24. The van der Waals surface area contributed by atoms with Crippen LogP contribution in [-0.4, -0.2) is 21.9 Å². The van der Waals surface area contributed by atoms with Gasteiger partial charge in [0.1, 0.15) is 5.69 Å². The second-order valence-corrected chi connectivity index (χ2v) is 5.46. The first-order valence-electron chi connectivity index (χ1n) is 7.10. The van der Waals surface area contributed by atoms with Gasteiger partial charge in [0.2, 0.25) is 5.95 Å². The van der Waals surface area contributed by atoms with Gasteiger partial charge in [0.15, 0.2) is 0 Å². The van der Waals surface area contributed by atoms with E-state index >= 15 is 0 Å². The third-order valence-corrected chi connectivity index (χ3v) is 3.43. The van der Waals surface area contributed by atoms with Crippen molar-refractivity contribution in [3.63, 3.8) is 0 Å². The van der Waals surface area contributed by atoms with E-state index in [1.807, 2.05) is 19.1 Å². The highest BCUT2D eigenvalue weighted by atomic mass is 16.2. The largest absolute Gasteiger partial charge is 0.348 e. The zero-order valence-electron chi connectivity index (χ0n) is 12.2. The number of hydrogen-bond acceptors (Lipinski definition) is 4. The van der Waals surface area contributed by atoms with Gasteiger partial charge in [-0.15, -0.1) is 0 Å². The Kier molecular flexibility index (Phi) is 3.56. The van der Waals surface area contributed by atoms with Gasteiger partial charge in [-0.25, -0.2) is 9.97 Å². The molecular formula is C16H18N4O. The van der Waals surface area contributed by atoms with Crippen molar-refractivity contribution >= 4 is 17.5 Å². The highest BCUT2D eigenvalue weighted by Crippen LogP contribution is 2.20. The molecule has 0 bridgehead atoms. The lowest BCUT2D eigenvalue weighted by molar-refractivity contribution is 0.0946. The second-order valence-electron chi connectivity index (χ2n) is 5.46. The Labute approximate surface area is 123 Å². The van der Waals surface area contributed by atoms with E-state index in [2.05, 4.69) is 33.6 Å². The Hall–Kier alpha value is -2.43. The summed E-state index contributed by atoms with van der Waals surface area (Å²) in [6.07, 6.45) is 3.72. The van der Waals surface area contributed by atoms with E-state index in [9.17, 15) is 4.79 Å². The van der Waals surface area contributed by atoms with Crippen LogP contribution in [0.4, 0.5) is 11.6 Å². The third kappa shape index (κ3) is 3.37. The van der Waals surface area contributed by atoms with Crippen LogP contribution in [0.2, 0.25) is 0 Å². The first kappa shape index (κ1) is 13.5. The predicted molar refractivity (Wildman–Crippen MR) is 81.7 cm³/mol. The van der Waals surface area contributed by atoms with Crippen molar-refractivity contribution in [3.05, 3.63) is 47.3 Å². The van der Waals surface area contributed by atoms with Gasteiger partial charge in [0, 0.05) is 17.9 Å². The Morgan fingerprint density at radius 2 is 2.05 bits per heavy atom. The molecule has 108 valence electrons. The zero-order valence-corrected chi connectivity index (χ0v) is 12.2. The van der Waals surface area contributed by atoms with Gasteiger partial charge in [0.05, 0.1) is 0 Å². The van der Waals surface area contributed by atoms with Crippen LogP contribution in [0.25, 0.3) is 0 Å². The van der Waals surface area contributed by atoms with Crippen molar-refractivity contribution in [1.82, 2.24) is 15.3 Å². The summed E-state index contributed by atoms with van der Waals surface area (Å²) in [6, 6.07) is 8.06. The fourth-order valence-corrected chi connectivity index (χ4v) is 2.11. The number of aromatic nitrogens is 2. The monoisotopic (exact) mass is 282 g/mol. The Morgan fingerprint density at radius 3 is 2.76 bits per heavy atom. The van der Waals surface area contributed by atoms with E-state index < -0.39 is 0 Å². The normalized spacial score (nSPS) is 13.8. The van der Waals surface area contributed by atoms with Crippen LogP contribution < -0.4 is 10.6 Å². The highest BCUT2D eigenvalue weighted by molar-refractivity contribution is 5.92. The van der Waals surface area contributed by atoms with E-state index in [0.29, 0.717) is 17.7 Å². The number of carbonyl (C=O) groups excluding carboxylic acids is 1. The molecule has 1 amide bonds. The fraction of sp³-hybridized carbons (Fsp3) is 0.312. The number of anilines is 2. The molecule has 0 unspecified atom stereocenters. The van der Waals surface area contributed by atoms with Gasteiger partial charge in [-0.1, -0.05) is 17.7 Å². The fourth-order valence-electron chi connectivity index (χ4n) is 2.11. The number of aryl methyl sites for hydroxylation is 2. The molecule has 0 spiro atoms. The maximum atomic E-state index is 12.0. The van der Waals surface area contributed by atoms with Gasteiger partial charge >= 0.3 is 0 Å². The Bertz CT molecular complexity index is 680. The molecule has 21 heavy (non-hydrogen) atoms. The van der Waals surface area contributed by atoms with Gasteiger partial charge in [-0.2, -0.15) is 0 Å². The van der Waals surface area contributed by atoms with E-state index in [1.54, 1.807) is 12.3 Å². The lowest BCUT2D eigenvalue weighted by atomic mass is 10.1. The van der Waals surface area contributed by atoms with Crippen molar-refractivity contribution in [2.45, 2.75) is 32.7 Å². The van der Waals surface area contributed by atoms with Crippen molar-refractivity contribution in [1.29, 1.82) is 0 Å². The SMILES string of the molecule is Cc1ccc(Nc2nccc(C(=O)NC3CC3)n2)c(C)c1. The summed E-state index contributed by atoms with van der Waals surface area (Å²) >= 11 is 0. The van der Waals surface area contributed by atoms with Gasteiger partial charge in [0.25, 0.3) is 5.91 Å². The van der Waals surface area contributed by atoms with Gasteiger partial charge < -0.3 is 10.6 Å². The summed E-state index contributed by atoms with van der Waals surface area (Å²) in [4.78, 5) is 20.4. The summed E-state index contributed by atoms with van der Waals surface area (Å²) in [5, 5.41) is 6.08. The van der Waals surface area contributed by atoms with Crippen LogP contribution in [0.3, 0.4) is 0 Å². The molecule has 1 aliphatic carbocycles. The lowest BCUT2D eigenvalue weighted by Crippen LogP contribution is -2.26. The number of hydrogen-bond donors (Lipinski definition) is 2. The standard InChI is InChI=1S/C16H18N4O/c1-10-3-6-13(11(2)9-10)19-16-17-8-7-14(20-16)15(21)18-12-4-5-12/h3,6-9,12H,4-5H2,1-2H3,(H,18,21)(H,17,19,20). The maximum Gasteiger partial charge on any atom is 0.270 e. The summed E-state index contributed by atoms with van der Waals surface area (Å²) < 4.78 is 0. The lowest BCUT2D eigenvalue weighted by Gasteiger charge is -2.09. The number of nitrogens with zero attached hydrogens (tertiary/aromatic N) is 2. The minimum Gasteiger partial charge on any atom is -0.348 e. The molecule has 0 aliphatic heterocycles. The topological polar surface area (TPSA) is 66.9 Å². The van der Waals surface area contributed by atoms with Crippen LogP contribution in [-0.2, 0) is 0 Å². The molecule has 5 heteroatoms. The molecule has 3 rings (SSSR count). The first-order chi connectivity index (χ1) is 10.1. The van der Waals surface area contributed by atoms with Crippen molar-refractivity contribution < 1.29 is 4.79 Å². The average Bonchev–Trinajstić information content (AvgIpc) is 3.26. The number of nitrogens with one attached hydrogen (secondary N) is 2. The van der Waals surface area contributed by atoms with Crippen LogP contribution >= 0.6 is 0 Å². The summed E-state index contributed by atoms with van der Waals surface area (Å²) in [7, 11) is 0. The molecule has 5 nitrogen and oxygen atoms in total. The minimum absolute atomic E-state index is 0.136. The number of amides is 1. The summed E-state index contributed by atoms with van der Waals surface area (Å²) in [5.41, 5.74) is 3.66. The molecule has 0 saturated heterocycles. The number of rotatable bonds is 4. The molecular weight excluding hydrogens is 264 g/mol. The molecule has 1 aromatic heterocycles. The van der Waals surface area contributed by atoms with Crippen molar-refractivity contribution in [2.75, 3.05) is 5.32 Å². The van der Waals surface area contributed by atoms with E-state index in [-0.39, 0.29) is 5.91 Å². The van der Waals surface area contributed by atoms with Crippen molar-refractivity contribution in [3.8, 4) is 0 Å². The molecule has 1 aromatic carbocycles. The quantitative estimate of drug-likeness (QED) is 0.905. The van der Waals surface area contributed by atoms with E-state index in [4.69, 9.17) is 0 Å². The molecule has 1 fully saturated rings. The molecule has 1 heterocycles. The van der Waals surface area contributed by atoms with Crippen LogP contribution in [0, 0.1) is 13.8 Å². The zero-order chi connectivity index (χ0) is 14.8. The van der Waals surface area contributed by atoms with Gasteiger partial charge in [-0.3, -0.25) is 4.79 Å². The summed E-state index contributed by atoms with van der Waals surface area (Å²) in [6.45, 7) is 4.08. The predicted octanol–water partition coefficient (Wildman–Crippen LogP) is 2.73. The molecule has 0 radical (unpaired) electrons. The van der Waals surface area contributed by atoms with Gasteiger partial charge in [-0.05, 0) is 44.4 Å². The Morgan fingerprint density at radius 1 is 1.24 bits per heavy atom. The van der Waals surface area contributed by atoms with Crippen LogP contribution in [0.1, 0.15) is 34.5 Å². The second kappa shape index (κ2) is 5.52. The first-order valence-corrected chi connectivity index (χ1v) is 7.10. The minimum atomic E-state index is -0.136. The summed E-state index contributed by atoms with van der Waals surface area (Å²) in [5.74, 6) is 0.300.